The second kappa shape index (κ2) is 14.7. The summed E-state index contributed by atoms with van der Waals surface area (Å²) in [4.78, 5) is 70.5. The molecule has 3 aromatic rings. The van der Waals surface area contributed by atoms with Crippen LogP contribution in [0.5, 0.6) is 5.75 Å². The van der Waals surface area contributed by atoms with Gasteiger partial charge in [0.05, 0.1) is 35.5 Å². The van der Waals surface area contributed by atoms with Crippen LogP contribution in [-0.4, -0.2) is 69.5 Å². The lowest BCUT2D eigenvalue weighted by Crippen LogP contribution is -2.53. The monoisotopic (exact) mass is 743 g/mol. The van der Waals surface area contributed by atoms with Crippen LogP contribution in [0.4, 0.5) is 10.1 Å². The lowest BCUT2D eigenvalue weighted by atomic mass is 9.49. The zero-order valence-corrected chi connectivity index (χ0v) is 29.5. The third-order valence-electron chi connectivity index (χ3n) is 11.2. The Morgan fingerprint density at radius 2 is 1.66 bits per heavy atom. The number of nitrogens with one attached hydrogen (secondary N) is 1. The molecule has 276 valence electrons. The van der Waals surface area contributed by atoms with E-state index in [0.29, 0.717) is 46.8 Å². The van der Waals surface area contributed by atoms with Gasteiger partial charge in [0.25, 0.3) is 11.8 Å². The molecule has 3 fully saturated rings. The van der Waals surface area contributed by atoms with Crippen molar-refractivity contribution in [3.63, 3.8) is 0 Å². The number of fused-ring (bicyclic) bond motifs is 4. The fourth-order valence-corrected chi connectivity index (χ4v) is 9.14. The number of imide groups is 2. The molecule has 2 aliphatic carbocycles. The van der Waals surface area contributed by atoms with Crippen LogP contribution in [0.1, 0.15) is 55.6 Å². The molecule has 13 heteroatoms. The van der Waals surface area contributed by atoms with Crippen LogP contribution in [0.15, 0.2) is 84.4 Å². The predicted octanol–water partition coefficient (Wildman–Crippen LogP) is 5.48. The van der Waals surface area contributed by atoms with E-state index in [0.717, 1.165) is 10.6 Å². The predicted molar refractivity (Wildman–Crippen MR) is 191 cm³/mol. The number of ether oxygens (including phenoxy) is 1. The van der Waals surface area contributed by atoms with Gasteiger partial charge in [0.2, 0.25) is 11.8 Å². The maximum absolute atomic E-state index is 15.3. The number of carboxylic acid groups (broad SMARTS) is 1. The molecule has 7 rings (SSSR count). The average molecular weight is 744 g/mol. The number of hydrogen-bond donors (Lipinski definition) is 3. The van der Waals surface area contributed by atoms with Crippen LogP contribution in [0, 0.1) is 29.5 Å². The minimum atomic E-state index is -1.57. The lowest BCUT2D eigenvalue weighted by Gasteiger charge is -2.50. The van der Waals surface area contributed by atoms with E-state index in [2.05, 4.69) is 5.43 Å². The van der Waals surface area contributed by atoms with Gasteiger partial charge in [-0.25, -0.2) is 4.39 Å². The van der Waals surface area contributed by atoms with Crippen LogP contribution in [0.25, 0.3) is 0 Å². The number of carbonyl (C=O) groups is 5. The number of aliphatic carboxylic acids is 1. The number of hydrogen-bond acceptors (Lipinski definition) is 8. The minimum Gasteiger partial charge on any atom is -0.491 e. The number of carboxylic acids is 1. The maximum atomic E-state index is 15.3. The van der Waals surface area contributed by atoms with Crippen LogP contribution in [-0.2, 0) is 29.4 Å². The first-order chi connectivity index (χ1) is 25.6. The molecule has 0 unspecified atom stereocenters. The Balaban J connectivity index is 1.36. The summed E-state index contributed by atoms with van der Waals surface area (Å²) >= 11 is 6.36. The molecule has 1 saturated carbocycles. The highest BCUT2D eigenvalue weighted by Crippen LogP contribution is 2.65. The third-order valence-corrected chi connectivity index (χ3v) is 11.5. The Labute approximate surface area is 310 Å². The highest BCUT2D eigenvalue weighted by atomic mass is 35.5. The Morgan fingerprint density at radius 1 is 0.925 bits per heavy atom. The zero-order valence-electron chi connectivity index (χ0n) is 28.8. The van der Waals surface area contributed by atoms with Gasteiger partial charge in [0.15, 0.2) is 0 Å². The molecular weight excluding hydrogens is 705 g/mol. The number of aliphatic hydroxyl groups excluding tert-OH is 1. The first kappa shape index (κ1) is 36.3. The van der Waals surface area contributed by atoms with Crippen LogP contribution in [0.3, 0.4) is 0 Å². The summed E-state index contributed by atoms with van der Waals surface area (Å²) in [6.45, 7) is -0.138. The molecule has 2 heterocycles. The summed E-state index contributed by atoms with van der Waals surface area (Å²) in [6, 6.07) is 19.2. The van der Waals surface area contributed by atoms with E-state index in [1.165, 1.54) is 29.2 Å². The number of nitrogens with zero attached hydrogens (tertiary/aromatic N) is 2. The smallest absolute Gasteiger partial charge is 0.303 e. The lowest BCUT2D eigenvalue weighted by molar-refractivity contribution is -0.141. The summed E-state index contributed by atoms with van der Waals surface area (Å²) < 4.78 is 19.9. The second-order valence-electron chi connectivity index (χ2n) is 14.0. The molecule has 11 nitrogen and oxygen atoms in total. The Bertz CT molecular complexity index is 1970. The van der Waals surface area contributed by atoms with E-state index in [9.17, 15) is 28.7 Å². The van der Waals surface area contributed by atoms with Gasteiger partial charge in [-0.2, -0.15) is 5.01 Å². The molecule has 0 spiro atoms. The summed E-state index contributed by atoms with van der Waals surface area (Å²) in [5.41, 5.74) is 3.52. The van der Waals surface area contributed by atoms with Gasteiger partial charge in [-0.1, -0.05) is 60.0 Å². The Hall–Kier alpha value is -5.07. The number of anilines is 1. The SMILES string of the molecule is O=C(O)CCCCCN1C(=O)[C@H]2[C@H](CC=C3[C@H]2C[C@H]2C(=O)N(Nc4ccc(F)cc4)C(=O)[C@@]2(c2ccc(Cl)cc2)[C@H]3c2ccccc2OCCO)C1=O. The second-order valence-corrected chi connectivity index (χ2v) is 14.5. The van der Waals surface area contributed by atoms with E-state index in [1.807, 2.05) is 12.1 Å². The number of carbonyl (C=O) groups excluding carboxylic acids is 4. The largest absolute Gasteiger partial charge is 0.491 e. The molecular formula is C40H39ClFN3O8. The molecule has 3 N–H and O–H groups in total. The van der Waals surface area contributed by atoms with Gasteiger partial charge in [-0.15, -0.1) is 0 Å². The van der Waals surface area contributed by atoms with E-state index in [-0.39, 0.29) is 50.8 Å². The number of para-hydroxylation sites is 1. The van der Waals surface area contributed by atoms with Crippen LogP contribution >= 0.6 is 11.6 Å². The number of aliphatic hydroxyl groups is 1. The van der Waals surface area contributed by atoms with Gasteiger partial charge in [0.1, 0.15) is 18.2 Å². The van der Waals surface area contributed by atoms with Crippen molar-refractivity contribution in [2.45, 2.75) is 49.9 Å². The number of halogens is 2. The Morgan fingerprint density at radius 3 is 2.38 bits per heavy atom. The first-order valence-corrected chi connectivity index (χ1v) is 18.2. The van der Waals surface area contributed by atoms with Crippen molar-refractivity contribution in [2.75, 3.05) is 25.2 Å². The number of rotatable bonds is 13. The van der Waals surface area contributed by atoms with E-state index in [1.54, 1.807) is 42.5 Å². The summed E-state index contributed by atoms with van der Waals surface area (Å²) in [7, 11) is 0. The third kappa shape index (κ3) is 6.27. The van der Waals surface area contributed by atoms with Gasteiger partial charge in [0, 0.05) is 29.5 Å². The van der Waals surface area contributed by atoms with Gasteiger partial charge in [-0.3, -0.25) is 34.3 Å². The number of likely N-dealkylation sites (tertiary alicyclic amines) is 1. The summed E-state index contributed by atoms with van der Waals surface area (Å²) in [6.07, 6.45) is 3.72. The van der Waals surface area contributed by atoms with Crippen LogP contribution < -0.4 is 10.2 Å². The van der Waals surface area contributed by atoms with Gasteiger partial charge < -0.3 is 14.9 Å². The number of hydrazine groups is 1. The number of amides is 4. The van der Waals surface area contributed by atoms with Crippen molar-refractivity contribution in [2.24, 2.45) is 23.7 Å². The molecule has 4 amide bonds. The number of allylic oxidation sites excluding steroid dienone is 2. The highest BCUT2D eigenvalue weighted by Gasteiger charge is 2.70. The summed E-state index contributed by atoms with van der Waals surface area (Å²) in [5.74, 6) is -6.62. The highest BCUT2D eigenvalue weighted by molar-refractivity contribution is 6.30. The number of benzene rings is 3. The molecule has 3 aromatic carbocycles. The van der Waals surface area contributed by atoms with Crippen molar-refractivity contribution >= 4 is 46.9 Å². The first-order valence-electron chi connectivity index (χ1n) is 17.8. The van der Waals surface area contributed by atoms with Crippen molar-refractivity contribution in [1.82, 2.24) is 9.91 Å². The van der Waals surface area contributed by atoms with Crippen molar-refractivity contribution < 1.29 is 43.3 Å². The van der Waals surface area contributed by atoms with Crippen molar-refractivity contribution in [3.05, 3.63) is 106 Å². The molecule has 0 aromatic heterocycles. The maximum Gasteiger partial charge on any atom is 0.303 e. The fraction of sp³-hybridized carbons (Fsp3) is 0.375. The normalized spacial score (nSPS) is 26.2. The minimum absolute atomic E-state index is 0.00389. The molecule has 0 bridgehead atoms. The van der Waals surface area contributed by atoms with E-state index < -0.39 is 58.6 Å². The van der Waals surface area contributed by atoms with E-state index >= 15 is 4.79 Å². The standard InChI is InChI=1S/C40H39ClFN3O8/c41-24-11-9-23(10-12-24)40-31(37(50)45(39(40)52)43-26-15-13-25(42)14-16-26)22-30-27(35(40)28-6-3-4-7-32(28)53-21-20-46)17-18-29-34(30)38(51)44(36(29)49)19-5-1-2-8-33(47)48/h3-4,6-7,9-17,29-31,34-35,43,46H,1-2,5,8,18-22H2,(H,47,48)/t29-,30+,31-,34-,35+,40+/m0/s1. The van der Waals surface area contributed by atoms with Gasteiger partial charge in [-0.05, 0) is 79.6 Å². The fourth-order valence-electron chi connectivity index (χ4n) is 9.01. The topological polar surface area (TPSA) is 154 Å². The van der Waals surface area contributed by atoms with Crippen molar-refractivity contribution in [1.29, 1.82) is 0 Å². The Kier molecular flexibility index (Phi) is 10.1. The van der Waals surface area contributed by atoms with Crippen molar-refractivity contribution in [3.8, 4) is 5.75 Å². The van der Waals surface area contributed by atoms with Crippen LogP contribution in [0.2, 0.25) is 5.02 Å². The molecule has 0 radical (unpaired) electrons. The average Bonchev–Trinajstić information content (AvgIpc) is 3.52. The van der Waals surface area contributed by atoms with Gasteiger partial charge >= 0.3 is 5.97 Å². The number of unbranched alkanes of at least 4 members (excludes halogenated alkanes) is 2. The van der Waals surface area contributed by atoms with E-state index in [4.69, 9.17) is 21.4 Å². The molecule has 2 saturated heterocycles. The quantitative estimate of drug-likeness (QED) is 0.117. The molecule has 6 atom stereocenters. The molecule has 4 aliphatic rings. The molecule has 2 aliphatic heterocycles. The zero-order chi connectivity index (χ0) is 37.4. The summed E-state index contributed by atoms with van der Waals surface area (Å²) in [5, 5.41) is 20.1. The molecule has 53 heavy (non-hydrogen) atoms.